The van der Waals surface area contributed by atoms with Crippen LogP contribution in [0.2, 0.25) is 0 Å². The molecule has 82 valence electrons. The molecule has 0 amide bonds. The van der Waals surface area contributed by atoms with Crippen molar-refractivity contribution in [3.63, 3.8) is 0 Å². The maximum atomic E-state index is 6.08. The van der Waals surface area contributed by atoms with Gasteiger partial charge in [0, 0.05) is 0 Å². The molecule has 14 heavy (non-hydrogen) atoms. The molecule has 0 saturated carbocycles. The molecule has 0 spiro atoms. The van der Waals surface area contributed by atoms with Gasteiger partial charge in [0.05, 0.1) is 12.2 Å². The summed E-state index contributed by atoms with van der Waals surface area (Å²) in [6.45, 7) is 11.3. The third kappa shape index (κ3) is 2.20. The summed E-state index contributed by atoms with van der Waals surface area (Å²) in [7, 11) is 0. The second kappa shape index (κ2) is 4.97. The van der Waals surface area contributed by atoms with Crippen molar-refractivity contribution >= 4 is 0 Å². The van der Waals surface area contributed by atoms with Gasteiger partial charge in [0.1, 0.15) is 0 Å². The molecule has 5 unspecified atom stereocenters. The van der Waals surface area contributed by atoms with Crippen LogP contribution in [0.15, 0.2) is 12.2 Å². The van der Waals surface area contributed by atoms with E-state index < -0.39 is 0 Å². The summed E-state index contributed by atoms with van der Waals surface area (Å²) < 4.78 is 6.08. The van der Waals surface area contributed by atoms with E-state index in [9.17, 15) is 0 Å². The lowest BCUT2D eigenvalue weighted by Crippen LogP contribution is -2.43. The van der Waals surface area contributed by atoms with E-state index in [2.05, 4.69) is 46.8 Å². The predicted molar refractivity (Wildman–Crippen MR) is 61.3 cm³/mol. The van der Waals surface area contributed by atoms with Crippen LogP contribution < -0.4 is 0 Å². The Hall–Kier alpha value is -0.300. The van der Waals surface area contributed by atoms with Gasteiger partial charge in [-0.15, -0.1) is 0 Å². The molecule has 0 N–H and O–H groups in total. The highest BCUT2D eigenvalue weighted by Crippen LogP contribution is 2.36. The first-order chi connectivity index (χ1) is 6.61. The lowest BCUT2D eigenvalue weighted by Gasteiger charge is -2.42. The van der Waals surface area contributed by atoms with Gasteiger partial charge in [0.25, 0.3) is 0 Å². The maximum absolute atomic E-state index is 6.08. The summed E-state index contributed by atoms with van der Waals surface area (Å²) in [6, 6.07) is 0. The molecule has 0 aromatic carbocycles. The molecule has 1 nitrogen and oxygen atoms in total. The summed E-state index contributed by atoms with van der Waals surface area (Å²) in [6.07, 6.45) is 6.22. The van der Waals surface area contributed by atoms with Crippen LogP contribution in [-0.2, 0) is 4.74 Å². The van der Waals surface area contributed by atoms with Crippen LogP contribution in [0, 0.1) is 17.8 Å². The molecule has 1 fully saturated rings. The molecule has 1 aliphatic heterocycles. The monoisotopic (exact) mass is 196 g/mol. The molecule has 0 aromatic heterocycles. The van der Waals surface area contributed by atoms with Crippen LogP contribution in [0.5, 0.6) is 0 Å². The minimum Gasteiger partial charge on any atom is -0.370 e. The topological polar surface area (TPSA) is 9.23 Å². The van der Waals surface area contributed by atoms with Gasteiger partial charge in [-0.25, -0.2) is 0 Å². The summed E-state index contributed by atoms with van der Waals surface area (Å²) in [5, 5.41) is 0. The lowest BCUT2D eigenvalue weighted by molar-refractivity contribution is -0.113. The first-order valence-corrected chi connectivity index (χ1v) is 5.90. The summed E-state index contributed by atoms with van der Waals surface area (Å²) in [5.74, 6) is 2.09. The fourth-order valence-corrected chi connectivity index (χ4v) is 2.44. The van der Waals surface area contributed by atoms with E-state index in [0.29, 0.717) is 24.0 Å². The zero-order chi connectivity index (χ0) is 10.7. The second-order valence-electron chi connectivity index (χ2n) is 4.65. The lowest BCUT2D eigenvalue weighted by atomic mass is 9.76. The highest BCUT2D eigenvalue weighted by Gasteiger charge is 2.36. The Kier molecular flexibility index (Phi) is 4.18. The van der Waals surface area contributed by atoms with E-state index >= 15 is 0 Å². The van der Waals surface area contributed by atoms with Crippen molar-refractivity contribution in [2.24, 2.45) is 17.8 Å². The minimum atomic E-state index is 0.330. The number of ether oxygens (including phenoxy) is 1. The van der Waals surface area contributed by atoms with Gasteiger partial charge in [0.2, 0.25) is 0 Å². The van der Waals surface area contributed by atoms with E-state index in [1.54, 1.807) is 0 Å². The third-order valence-electron chi connectivity index (χ3n) is 3.88. The molecule has 1 aliphatic rings. The van der Waals surface area contributed by atoms with Crippen LogP contribution in [-0.4, -0.2) is 12.2 Å². The third-order valence-corrected chi connectivity index (χ3v) is 3.88. The van der Waals surface area contributed by atoms with Gasteiger partial charge < -0.3 is 4.74 Å². The van der Waals surface area contributed by atoms with Crippen molar-refractivity contribution < 1.29 is 4.74 Å². The van der Waals surface area contributed by atoms with Crippen molar-refractivity contribution in [3.8, 4) is 0 Å². The molecule has 5 atom stereocenters. The summed E-state index contributed by atoms with van der Waals surface area (Å²) in [5.41, 5.74) is 0. The number of hydrogen-bond acceptors (Lipinski definition) is 1. The fourth-order valence-electron chi connectivity index (χ4n) is 2.44. The van der Waals surface area contributed by atoms with Crippen molar-refractivity contribution in [2.75, 3.05) is 0 Å². The molecule has 0 bridgehead atoms. The smallest absolute Gasteiger partial charge is 0.0787 e. The molecule has 1 heteroatoms. The van der Waals surface area contributed by atoms with E-state index in [0.717, 1.165) is 12.3 Å². The van der Waals surface area contributed by atoms with Gasteiger partial charge in [-0.3, -0.25) is 0 Å². The fraction of sp³-hybridized carbons (Fsp3) is 0.846. The molecule has 1 rings (SSSR count). The Labute approximate surface area is 88.5 Å². The average Bonchev–Trinajstić information content (AvgIpc) is 2.19. The summed E-state index contributed by atoms with van der Waals surface area (Å²) in [4.78, 5) is 0. The van der Waals surface area contributed by atoms with Crippen LogP contribution in [0.3, 0.4) is 0 Å². The Bertz CT molecular complexity index is 195. The molecule has 0 aromatic rings. The SMILES string of the molecule is CC=CC1OC(CC)C(C)C(C)C1C. The Morgan fingerprint density at radius 2 is 1.71 bits per heavy atom. The normalized spacial score (nSPS) is 44.5. The second-order valence-corrected chi connectivity index (χ2v) is 4.65. The van der Waals surface area contributed by atoms with Crippen LogP contribution in [0.25, 0.3) is 0 Å². The zero-order valence-electron chi connectivity index (χ0n) is 10.2. The molecular formula is C13H24O. The minimum absolute atomic E-state index is 0.330. The van der Waals surface area contributed by atoms with Crippen LogP contribution >= 0.6 is 0 Å². The number of allylic oxidation sites excluding steroid dienone is 1. The number of hydrogen-bond donors (Lipinski definition) is 0. The highest BCUT2D eigenvalue weighted by atomic mass is 16.5. The van der Waals surface area contributed by atoms with E-state index in [1.165, 1.54) is 0 Å². The van der Waals surface area contributed by atoms with E-state index in [-0.39, 0.29) is 0 Å². The van der Waals surface area contributed by atoms with Crippen molar-refractivity contribution in [1.29, 1.82) is 0 Å². The number of rotatable bonds is 2. The first-order valence-electron chi connectivity index (χ1n) is 5.90. The average molecular weight is 196 g/mol. The van der Waals surface area contributed by atoms with Gasteiger partial charge in [-0.05, 0) is 31.1 Å². The van der Waals surface area contributed by atoms with Gasteiger partial charge in [-0.2, -0.15) is 0 Å². The van der Waals surface area contributed by atoms with Crippen molar-refractivity contribution in [2.45, 2.75) is 53.2 Å². The molecule has 1 heterocycles. The van der Waals surface area contributed by atoms with E-state index in [4.69, 9.17) is 4.74 Å². The van der Waals surface area contributed by atoms with Crippen molar-refractivity contribution in [3.05, 3.63) is 12.2 Å². The van der Waals surface area contributed by atoms with Gasteiger partial charge >= 0.3 is 0 Å². The molecule has 1 saturated heterocycles. The molecular weight excluding hydrogens is 172 g/mol. The molecule has 0 aliphatic carbocycles. The quantitative estimate of drug-likeness (QED) is 0.613. The van der Waals surface area contributed by atoms with Gasteiger partial charge in [0.15, 0.2) is 0 Å². The Balaban J connectivity index is 2.73. The first kappa shape index (κ1) is 11.8. The molecule has 0 radical (unpaired) electrons. The largest absolute Gasteiger partial charge is 0.370 e. The predicted octanol–water partition coefficient (Wildman–Crippen LogP) is 3.65. The Morgan fingerprint density at radius 3 is 2.21 bits per heavy atom. The Morgan fingerprint density at radius 1 is 1.07 bits per heavy atom. The standard InChI is InChI=1S/C13H24O/c1-6-8-13-11(5)9(3)10(4)12(7-2)14-13/h6,8-13H,7H2,1-5H3. The maximum Gasteiger partial charge on any atom is 0.0787 e. The summed E-state index contributed by atoms with van der Waals surface area (Å²) >= 11 is 0. The highest BCUT2D eigenvalue weighted by molar-refractivity contribution is 4.96. The van der Waals surface area contributed by atoms with E-state index in [1.807, 2.05) is 0 Å². The van der Waals surface area contributed by atoms with Gasteiger partial charge in [-0.1, -0.05) is 39.8 Å². The van der Waals surface area contributed by atoms with Crippen molar-refractivity contribution in [1.82, 2.24) is 0 Å². The zero-order valence-corrected chi connectivity index (χ0v) is 10.2. The van der Waals surface area contributed by atoms with Crippen LogP contribution in [0.4, 0.5) is 0 Å². The van der Waals surface area contributed by atoms with Crippen LogP contribution in [0.1, 0.15) is 41.0 Å².